The van der Waals surface area contributed by atoms with Crippen molar-refractivity contribution in [3.8, 4) is 50.2 Å². The Hall–Kier alpha value is -9.96. The summed E-state index contributed by atoms with van der Waals surface area (Å²) < 4.78 is 8.86. The first-order valence-electron chi connectivity index (χ1n) is 25.7. The van der Waals surface area contributed by atoms with Crippen molar-refractivity contribution in [1.29, 1.82) is 0 Å². The first-order chi connectivity index (χ1) is 37.2. The van der Waals surface area contributed by atoms with Crippen LogP contribution in [-0.2, 0) is 0 Å². The second-order valence-electron chi connectivity index (χ2n) is 19.6. The van der Waals surface area contributed by atoms with Crippen LogP contribution in [0.15, 0.2) is 283 Å². The molecule has 3 heteroatoms. The maximum atomic E-state index is 6.47. The van der Waals surface area contributed by atoms with E-state index in [0.717, 1.165) is 77.9 Å². The quantitative estimate of drug-likeness (QED) is 0.142. The van der Waals surface area contributed by atoms with E-state index in [2.05, 4.69) is 289 Å². The number of hydrogen-bond donors (Lipinski definition) is 0. The van der Waals surface area contributed by atoms with Gasteiger partial charge in [-0.15, -0.1) is 0 Å². The van der Waals surface area contributed by atoms with Crippen LogP contribution in [-0.4, -0.2) is 4.57 Å². The maximum absolute atomic E-state index is 6.47. The molecule has 0 radical (unpaired) electrons. The Bertz CT molecular complexity index is 4620. The molecule has 0 unspecified atom stereocenters. The normalized spacial score (nSPS) is 11.7. The lowest BCUT2D eigenvalue weighted by Gasteiger charge is -2.26. The van der Waals surface area contributed by atoms with E-state index in [4.69, 9.17) is 4.42 Å². The molecule has 2 aromatic heterocycles. The van der Waals surface area contributed by atoms with Gasteiger partial charge >= 0.3 is 0 Å². The minimum absolute atomic E-state index is 0.896. The van der Waals surface area contributed by atoms with Gasteiger partial charge in [0.15, 0.2) is 0 Å². The highest BCUT2D eigenvalue weighted by Crippen LogP contribution is 2.42. The Morgan fingerprint density at radius 3 is 1.39 bits per heavy atom. The molecule has 2 heterocycles. The van der Waals surface area contributed by atoms with Crippen LogP contribution in [0.1, 0.15) is 0 Å². The van der Waals surface area contributed by atoms with E-state index in [1.54, 1.807) is 0 Å². The van der Waals surface area contributed by atoms with Crippen molar-refractivity contribution in [2.24, 2.45) is 0 Å². The molecule has 15 aromatic rings. The molecule has 15 rings (SSSR count). The second-order valence-corrected chi connectivity index (χ2v) is 19.6. The van der Waals surface area contributed by atoms with Crippen molar-refractivity contribution >= 4 is 93.1 Å². The zero-order chi connectivity index (χ0) is 49.4. The molecule has 350 valence electrons. The third kappa shape index (κ3) is 7.20. The van der Waals surface area contributed by atoms with E-state index >= 15 is 0 Å². The molecule has 0 N–H and O–H groups in total. The number of hydrogen-bond acceptors (Lipinski definition) is 2. The molecule has 0 atom stereocenters. The Balaban J connectivity index is 0.782. The third-order valence-corrected chi connectivity index (χ3v) is 15.4. The SMILES string of the molecule is c1cc(-c2ccc(N(c3ccc(-c4ccc(-c5cc6ccccc6c6ccccc56)cc4)cc3)c3ccc(-c4ccc5oc6c7ccccc7ccc6c5c4)cc3)cc2)cc(-n2c3ccccc3c3ccccc32)c1. The summed E-state index contributed by atoms with van der Waals surface area (Å²) >= 11 is 0. The van der Waals surface area contributed by atoms with E-state index < -0.39 is 0 Å². The average Bonchev–Trinajstić information content (AvgIpc) is 4.04. The third-order valence-electron chi connectivity index (χ3n) is 15.4. The fourth-order valence-electron chi connectivity index (χ4n) is 11.7. The largest absolute Gasteiger partial charge is 0.455 e. The zero-order valence-electron chi connectivity index (χ0n) is 40.9. The maximum Gasteiger partial charge on any atom is 0.143 e. The van der Waals surface area contributed by atoms with Crippen LogP contribution >= 0.6 is 0 Å². The van der Waals surface area contributed by atoms with Gasteiger partial charge in [-0.2, -0.15) is 0 Å². The Morgan fingerprint density at radius 1 is 0.267 bits per heavy atom. The van der Waals surface area contributed by atoms with E-state index in [0.29, 0.717) is 0 Å². The summed E-state index contributed by atoms with van der Waals surface area (Å²) in [5.74, 6) is 0. The molecule has 0 bridgehead atoms. The summed E-state index contributed by atoms with van der Waals surface area (Å²) in [6.45, 7) is 0. The summed E-state index contributed by atoms with van der Waals surface area (Å²) in [4.78, 5) is 2.36. The van der Waals surface area contributed by atoms with E-state index in [1.807, 2.05) is 0 Å². The molecule has 0 spiro atoms. The van der Waals surface area contributed by atoms with Crippen molar-refractivity contribution < 1.29 is 4.42 Å². The minimum atomic E-state index is 0.896. The summed E-state index contributed by atoms with van der Waals surface area (Å²) in [5.41, 5.74) is 18.0. The minimum Gasteiger partial charge on any atom is -0.455 e. The fraction of sp³-hybridized carbons (Fsp3) is 0. The van der Waals surface area contributed by atoms with Gasteiger partial charge in [0.05, 0.1) is 11.0 Å². The molecule has 0 fully saturated rings. The lowest BCUT2D eigenvalue weighted by atomic mass is 9.92. The summed E-state index contributed by atoms with van der Waals surface area (Å²) in [6.07, 6.45) is 0. The smallest absolute Gasteiger partial charge is 0.143 e. The van der Waals surface area contributed by atoms with Crippen LogP contribution in [0.25, 0.3) is 126 Å². The Morgan fingerprint density at radius 2 is 0.747 bits per heavy atom. The molecule has 0 saturated heterocycles. The van der Waals surface area contributed by atoms with Crippen molar-refractivity contribution in [3.05, 3.63) is 279 Å². The van der Waals surface area contributed by atoms with E-state index in [1.165, 1.54) is 65.4 Å². The monoisotopic (exact) mass is 954 g/mol. The van der Waals surface area contributed by atoms with E-state index in [-0.39, 0.29) is 0 Å². The number of furan rings is 1. The molecule has 0 saturated carbocycles. The van der Waals surface area contributed by atoms with Gasteiger partial charge < -0.3 is 13.9 Å². The highest BCUT2D eigenvalue weighted by atomic mass is 16.3. The Labute approximate surface area is 434 Å². The average molecular weight is 955 g/mol. The number of rotatable bonds is 8. The van der Waals surface area contributed by atoms with Crippen molar-refractivity contribution in [1.82, 2.24) is 4.57 Å². The van der Waals surface area contributed by atoms with Gasteiger partial charge in [0.1, 0.15) is 11.2 Å². The highest BCUT2D eigenvalue weighted by Gasteiger charge is 2.18. The van der Waals surface area contributed by atoms with Gasteiger partial charge in [-0.25, -0.2) is 0 Å². The molecule has 0 aliphatic rings. The topological polar surface area (TPSA) is 21.3 Å². The molecular formula is C72H46N2O. The predicted molar refractivity (Wildman–Crippen MR) is 317 cm³/mol. The highest BCUT2D eigenvalue weighted by molar-refractivity contribution is 6.16. The van der Waals surface area contributed by atoms with Crippen LogP contribution in [0.2, 0.25) is 0 Å². The summed E-state index contributed by atoms with van der Waals surface area (Å²) in [6, 6.07) is 101. The fourth-order valence-corrected chi connectivity index (χ4v) is 11.7. The zero-order valence-corrected chi connectivity index (χ0v) is 40.9. The summed E-state index contributed by atoms with van der Waals surface area (Å²) in [7, 11) is 0. The molecule has 0 amide bonds. The van der Waals surface area contributed by atoms with Gasteiger partial charge in [0, 0.05) is 49.7 Å². The van der Waals surface area contributed by atoms with Gasteiger partial charge in [0.25, 0.3) is 0 Å². The van der Waals surface area contributed by atoms with Gasteiger partial charge in [-0.1, -0.05) is 194 Å². The molecule has 75 heavy (non-hydrogen) atoms. The number of anilines is 3. The van der Waals surface area contributed by atoms with Crippen LogP contribution in [0.4, 0.5) is 17.1 Å². The molecule has 3 nitrogen and oxygen atoms in total. The van der Waals surface area contributed by atoms with Crippen LogP contribution in [0.3, 0.4) is 0 Å². The predicted octanol–water partition coefficient (Wildman–Crippen LogP) is 20.3. The first kappa shape index (κ1) is 42.7. The molecule has 0 aliphatic heterocycles. The number of benzene rings is 13. The Kier molecular flexibility index (Phi) is 9.89. The second kappa shape index (κ2) is 17.4. The molecule has 0 aliphatic carbocycles. The number of aromatic nitrogens is 1. The van der Waals surface area contributed by atoms with Gasteiger partial charge in [0.2, 0.25) is 0 Å². The van der Waals surface area contributed by atoms with E-state index in [9.17, 15) is 0 Å². The molecular weight excluding hydrogens is 909 g/mol. The van der Waals surface area contributed by atoms with Crippen LogP contribution in [0, 0.1) is 0 Å². The lowest BCUT2D eigenvalue weighted by molar-refractivity contribution is 0.672. The van der Waals surface area contributed by atoms with Crippen molar-refractivity contribution in [3.63, 3.8) is 0 Å². The lowest BCUT2D eigenvalue weighted by Crippen LogP contribution is -2.09. The van der Waals surface area contributed by atoms with Gasteiger partial charge in [-0.3, -0.25) is 0 Å². The molecule has 13 aromatic carbocycles. The first-order valence-corrected chi connectivity index (χ1v) is 25.7. The van der Waals surface area contributed by atoms with Crippen molar-refractivity contribution in [2.75, 3.05) is 4.90 Å². The number of para-hydroxylation sites is 2. The van der Waals surface area contributed by atoms with Crippen molar-refractivity contribution in [2.45, 2.75) is 0 Å². The van der Waals surface area contributed by atoms with Crippen LogP contribution < -0.4 is 4.90 Å². The number of fused-ring (bicyclic) bond motifs is 11. The number of nitrogens with zero attached hydrogens (tertiary/aromatic N) is 2. The standard InChI is InChI=1S/C72H46N2O/c1-4-17-61-51(12-1)34-42-66-68-45-54(35-43-71(68)75-72(61)66)50-32-40-58(41-33-50)73(57-38-30-49(31-39-57)53-14-11-15-59(44-53)74-69-22-9-7-20-64(69)65-21-8-10-23-70(65)74)56-36-28-48(29-37-56)47-24-26-52(27-25-47)67-46-55-13-2-3-16-60(55)62-18-5-6-19-63(62)67/h1-46H. The van der Waals surface area contributed by atoms with Gasteiger partial charge in [-0.05, 0) is 156 Å². The summed E-state index contributed by atoms with van der Waals surface area (Å²) in [5, 5.41) is 12.2. The van der Waals surface area contributed by atoms with Crippen LogP contribution in [0.5, 0.6) is 0 Å².